The summed E-state index contributed by atoms with van der Waals surface area (Å²) in [6, 6.07) is 4.47. The first-order chi connectivity index (χ1) is 16.3. The molecule has 0 spiro atoms. The highest BCUT2D eigenvalue weighted by Crippen LogP contribution is 2.32. The largest absolute Gasteiger partial charge is 0.870 e. The maximum absolute atomic E-state index is 10.7. The van der Waals surface area contributed by atoms with Gasteiger partial charge in [-0.3, -0.25) is 0 Å². The Kier molecular flexibility index (Phi) is 6.64. The number of nitrogens with two attached hydrogens (primary N) is 1. The van der Waals surface area contributed by atoms with Gasteiger partial charge in [-0.15, -0.1) is 0 Å². The number of aliphatic carboxylic acids is 1. The van der Waals surface area contributed by atoms with Crippen molar-refractivity contribution in [1.29, 1.82) is 0 Å². The van der Waals surface area contributed by atoms with Crippen LogP contribution in [0.1, 0.15) is 30.9 Å². The van der Waals surface area contributed by atoms with Crippen molar-refractivity contribution in [3.63, 3.8) is 0 Å². The molecule has 0 radical (unpaired) electrons. The molecule has 2 atom stereocenters. The van der Waals surface area contributed by atoms with Crippen LogP contribution in [0.4, 0.5) is 11.8 Å². The Hall–Kier alpha value is -4.12. The average molecular weight is 465 g/mol. The third kappa shape index (κ3) is 5.44. The van der Waals surface area contributed by atoms with E-state index in [1.807, 2.05) is 10.6 Å². The topological polar surface area (TPSA) is 182 Å². The summed E-state index contributed by atoms with van der Waals surface area (Å²) in [7, 11) is 0. The number of nitrogens with one attached hydrogen (secondary N) is 1. The van der Waals surface area contributed by atoms with Crippen LogP contribution in [-0.2, 0) is 4.79 Å². The van der Waals surface area contributed by atoms with Gasteiger partial charge in [0.05, 0.1) is 12.4 Å². The second-order valence-corrected chi connectivity index (χ2v) is 8.20. The number of hydrogen-bond donors (Lipinski definition) is 5. The number of aromatic hydroxyl groups is 1. The van der Waals surface area contributed by atoms with E-state index in [1.54, 1.807) is 6.33 Å². The lowest BCUT2D eigenvalue weighted by molar-refractivity contribution is -0.270. The van der Waals surface area contributed by atoms with Crippen LogP contribution in [0.2, 0.25) is 0 Å². The Morgan fingerprint density at radius 1 is 1.29 bits per heavy atom. The first-order valence-corrected chi connectivity index (χ1v) is 10.8. The van der Waals surface area contributed by atoms with Crippen LogP contribution in [0.25, 0.3) is 17.2 Å². The van der Waals surface area contributed by atoms with Gasteiger partial charge in [0.1, 0.15) is 5.75 Å². The van der Waals surface area contributed by atoms with Gasteiger partial charge >= 0.3 is 5.97 Å². The summed E-state index contributed by atoms with van der Waals surface area (Å²) in [5.41, 5.74) is 7.82. The summed E-state index contributed by atoms with van der Waals surface area (Å²) in [6.07, 6.45) is 11.3. The van der Waals surface area contributed by atoms with E-state index < -0.39 is 11.7 Å². The number of carbonyl (C=O) groups is 1. The molecule has 11 nitrogen and oxygen atoms in total. The molecule has 11 heteroatoms. The second-order valence-electron chi connectivity index (χ2n) is 8.20. The molecule has 3 aromatic rings. The number of carboxylic acid groups (broad SMARTS) is 1. The highest BCUT2D eigenvalue weighted by atomic mass is 16.4. The molecule has 1 saturated carbocycles. The van der Waals surface area contributed by atoms with Crippen molar-refractivity contribution < 1.29 is 25.2 Å². The van der Waals surface area contributed by atoms with E-state index in [0.717, 1.165) is 42.3 Å². The molecule has 6 N–H and O–H groups in total. The van der Waals surface area contributed by atoms with E-state index in [2.05, 4.69) is 26.3 Å². The van der Waals surface area contributed by atoms with Crippen molar-refractivity contribution in [3.05, 3.63) is 48.3 Å². The third-order valence-corrected chi connectivity index (χ3v) is 5.50. The van der Waals surface area contributed by atoms with Crippen LogP contribution in [0.5, 0.6) is 11.5 Å². The molecule has 1 fully saturated rings. The van der Waals surface area contributed by atoms with Gasteiger partial charge in [-0.05, 0) is 37.0 Å². The molecule has 2 heterocycles. The Morgan fingerprint density at radius 3 is 2.74 bits per heavy atom. The number of rotatable bonds is 6. The molecular weight excluding hydrogens is 440 g/mol. The number of hydrogen-bond acceptors (Lipinski definition) is 9. The Labute approximate surface area is 194 Å². The lowest BCUT2D eigenvalue weighted by Gasteiger charge is -2.13. The number of allylic oxidation sites excluding steroid dienone is 1. The van der Waals surface area contributed by atoms with Gasteiger partial charge < -0.3 is 36.0 Å². The lowest BCUT2D eigenvalue weighted by Crippen LogP contribution is -2.10. The number of fused-ring (bicyclic) bond motifs is 1. The Morgan fingerprint density at radius 2 is 2.09 bits per heavy atom. The molecule has 0 bridgehead atoms. The van der Waals surface area contributed by atoms with Crippen molar-refractivity contribution in [2.24, 2.45) is 5.92 Å². The molecule has 2 aromatic heterocycles. The van der Waals surface area contributed by atoms with Crippen LogP contribution < -0.4 is 16.2 Å². The first-order valence-electron chi connectivity index (χ1n) is 10.8. The van der Waals surface area contributed by atoms with Crippen LogP contribution in [-0.4, -0.2) is 53.5 Å². The molecule has 1 aromatic carbocycles. The summed E-state index contributed by atoms with van der Waals surface area (Å²) in [4.78, 5) is 23.2. The number of phenolic OH excluding ortho intramolecular Hbond substituents is 1. The van der Waals surface area contributed by atoms with Crippen molar-refractivity contribution in [2.75, 3.05) is 17.7 Å². The standard InChI is InChI=1S/C14H18N6O.C9H8O4/c15-14-18-12(17-9-2-3-9)11-13(19-14)20(7-16-11)10-4-1-8(5-10)6-21;10-7-3-1-6(5-8(7)11)2-4-9(12)13/h1,4,7-10,21H,2-3,5-6H2,(H3,15,17,18,19);1-5,10-11H,(H,12,13)/p-1/b;4-2+/t8-,10+;/m1./s1. The maximum Gasteiger partial charge on any atom is 0.328 e. The Balaban J connectivity index is 0.000000182. The summed E-state index contributed by atoms with van der Waals surface area (Å²) in [6.45, 7) is 0.172. The fourth-order valence-electron chi connectivity index (χ4n) is 3.60. The zero-order valence-corrected chi connectivity index (χ0v) is 18.2. The smallest absolute Gasteiger partial charge is 0.328 e. The number of aliphatic hydroxyl groups excluding tert-OH is 1. The third-order valence-electron chi connectivity index (χ3n) is 5.50. The van der Waals surface area contributed by atoms with Gasteiger partial charge in [-0.2, -0.15) is 9.97 Å². The number of anilines is 2. The van der Waals surface area contributed by atoms with E-state index in [0.29, 0.717) is 11.6 Å². The van der Waals surface area contributed by atoms with Crippen molar-refractivity contribution in [2.45, 2.75) is 31.3 Å². The monoisotopic (exact) mass is 465 g/mol. The highest BCUT2D eigenvalue weighted by molar-refractivity contribution is 5.85. The molecule has 2 aliphatic carbocycles. The molecular formula is C23H25N6O5-. The zero-order chi connectivity index (χ0) is 24.2. The van der Waals surface area contributed by atoms with Gasteiger partial charge in [-0.25, -0.2) is 9.78 Å². The number of nitrogens with zero attached hydrogens (tertiary/aromatic N) is 4. The van der Waals surface area contributed by atoms with Gasteiger partial charge in [-0.1, -0.05) is 30.0 Å². The van der Waals surface area contributed by atoms with E-state index in [4.69, 9.17) is 15.9 Å². The van der Waals surface area contributed by atoms with E-state index in [1.165, 1.54) is 24.3 Å². The SMILES string of the molecule is Nc1nc(NC2CC2)c2ncn([C@H]3C=C[C@@H](CO)C3)c2n1.O=C(O)/C=C/c1ccc([O-])c(O)c1. The van der Waals surface area contributed by atoms with Gasteiger partial charge in [0.25, 0.3) is 0 Å². The van der Waals surface area contributed by atoms with Gasteiger partial charge in [0.2, 0.25) is 5.95 Å². The summed E-state index contributed by atoms with van der Waals surface area (Å²) in [5, 5.41) is 40.6. The van der Waals surface area contributed by atoms with Crippen LogP contribution in [0.3, 0.4) is 0 Å². The minimum Gasteiger partial charge on any atom is -0.870 e. The minimum absolute atomic E-state index is 0.162. The molecule has 0 aliphatic heterocycles. The number of aromatic nitrogens is 4. The van der Waals surface area contributed by atoms with Gasteiger partial charge in [0.15, 0.2) is 17.0 Å². The van der Waals surface area contributed by atoms with Crippen LogP contribution in [0, 0.1) is 5.92 Å². The second kappa shape index (κ2) is 9.79. The fourth-order valence-corrected chi connectivity index (χ4v) is 3.60. The van der Waals surface area contributed by atoms with E-state index in [-0.39, 0.29) is 30.3 Å². The quantitative estimate of drug-likeness (QED) is 0.265. The average Bonchev–Trinajstić information content (AvgIpc) is 3.31. The van der Waals surface area contributed by atoms with Crippen LogP contribution in [0.15, 0.2) is 42.8 Å². The van der Waals surface area contributed by atoms with E-state index >= 15 is 0 Å². The summed E-state index contributed by atoms with van der Waals surface area (Å²) < 4.78 is 2.01. The number of aliphatic hydroxyl groups is 1. The highest BCUT2D eigenvalue weighted by Gasteiger charge is 2.26. The molecule has 34 heavy (non-hydrogen) atoms. The summed E-state index contributed by atoms with van der Waals surface area (Å²) in [5.74, 6) is -0.756. The van der Waals surface area contributed by atoms with Crippen molar-refractivity contribution in [1.82, 2.24) is 19.5 Å². The predicted octanol–water partition coefficient (Wildman–Crippen LogP) is 1.66. The molecule has 5 rings (SSSR count). The normalized spacial score (nSPS) is 19.3. The Bertz CT molecular complexity index is 1250. The van der Waals surface area contributed by atoms with E-state index in [9.17, 15) is 15.0 Å². The number of imidazole rings is 1. The van der Waals surface area contributed by atoms with Gasteiger partial charge in [0, 0.05) is 24.6 Å². The van der Waals surface area contributed by atoms with Crippen molar-refractivity contribution in [3.8, 4) is 11.5 Å². The number of benzene rings is 1. The maximum atomic E-state index is 10.7. The minimum atomic E-state index is -1.08. The van der Waals surface area contributed by atoms with Crippen LogP contribution >= 0.6 is 0 Å². The zero-order valence-electron chi connectivity index (χ0n) is 18.2. The lowest BCUT2D eigenvalue weighted by atomic mass is 10.1. The number of nitrogen functional groups attached to an aromatic ring is 1. The molecule has 178 valence electrons. The summed E-state index contributed by atoms with van der Waals surface area (Å²) >= 11 is 0. The fraction of sp³-hybridized carbons (Fsp3) is 0.304. The molecule has 0 amide bonds. The first kappa shape index (κ1) is 23.1. The number of carboxylic acids is 1. The molecule has 0 unspecified atom stereocenters. The molecule has 2 aliphatic rings. The van der Waals surface area contributed by atoms with Crippen molar-refractivity contribution >= 4 is 35.0 Å². The molecule has 0 saturated heterocycles. The number of phenols is 1. The predicted molar refractivity (Wildman–Crippen MR) is 124 cm³/mol.